The molecular weight excluding hydrogens is 263 g/mol. The van der Waals surface area contributed by atoms with Gasteiger partial charge in [-0.25, -0.2) is 0 Å². The van der Waals surface area contributed by atoms with Crippen LogP contribution in [-0.4, -0.2) is 32.0 Å². The number of alkyl halides is 3. The third kappa shape index (κ3) is 2.87. The number of anilines is 1. The zero-order valence-corrected chi connectivity index (χ0v) is 10.1. The molecule has 1 aromatic rings. The number of carbonyl (C=O) groups excluding carboxylic acids is 1. The van der Waals surface area contributed by atoms with Gasteiger partial charge in [0.2, 0.25) is 0 Å². The van der Waals surface area contributed by atoms with E-state index in [1.165, 1.54) is 13.2 Å². The van der Waals surface area contributed by atoms with Crippen LogP contribution in [0.2, 0.25) is 0 Å². The summed E-state index contributed by atoms with van der Waals surface area (Å²) >= 11 is 0. The summed E-state index contributed by atoms with van der Waals surface area (Å²) in [7, 11) is 1.32. The van der Waals surface area contributed by atoms with E-state index >= 15 is 0 Å². The zero-order valence-electron chi connectivity index (χ0n) is 10.1. The van der Waals surface area contributed by atoms with Gasteiger partial charge in [-0.1, -0.05) is 18.2 Å². The van der Waals surface area contributed by atoms with E-state index in [1.807, 2.05) is 0 Å². The number of hydrogen-bond acceptors (Lipinski definition) is 3. The molecule has 0 aromatic heterocycles. The van der Waals surface area contributed by atoms with Gasteiger partial charge in [-0.2, -0.15) is 13.2 Å². The van der Waals surface area contributed by atoms with Gasteiger partial charge in [-0.3, -0.25) is 9.69 Å². The van der Waals surface area contributed by atoms with Crippen molar-refractivity contribution in [2.75, 3.05) is 18.6 Å². The lowest BCUT2D eigenvalue weighted by Gasteiger charge is -2.25. The Hall–Kier alpha value is -1.60. The number of rotatable bonds is 1. The molecule has 2 rings (SSSR count). The van der Waals surface area contributed by atoms with Crippen molar-refractivity contribution in [2.45, 2.75) is 19.1 Å². The van der Waals surface area contributed by atoms with Crippen LogP contribution in [0.25, 0.3) is 0 Å². The number of benzene rings is 1. The standard InChI is InChI=1S/C12H12F3NO3/c1-18-10-6-16(11(17)12(13,14)15)9-5-3-2-4-8(9)7-19-10/h2-5,10H,6-7H2,1H3/t10-/m1/s1. The Morgan fingerprint density at radius 1 is 1.42 bits per heavy atom. The minimum Gasteiger partial charge on any atom is -0.354 e. The number of amides is 1. The molecule has 0 N–H and O–H groups in total. The molecule has 104 valence electrons. The first-order valence-electron chi connectivity index (χ1n) is 5.54. The molecule has 0 saturated heterocycles. The number of methoxy groups -OCH3 is 1. The fourth-order valence-corrected chi connectivity index (χ4v) is 1.87. The predicted molar refractivity (Wildman–Crippen MR) is 60.4 cm³/mol. The van der Waals surface area contributed by atoms with Gasteiger partial charge in [0.15, 0.2) is 6.29 Å². The Morgan fingerprint density at radius 2 is 2.11 bits per heavy atom. The fourth-order valence-electron chi connectivity index (χ4n) is 1.87. The Kier molecular flexibility index (Phi) is 3.77. The van der Waals surface area contributed by atoms with Crippen molar-refractivity contribution in [3.8, 4) is 0 Å². The topological polar surface area (TPSA) is 38.8 Å². The molecule has 1 aromatic carbocycles. The second-order valence-electron chi connectivity index (χ2n) is 4.02. The van der Waals surface area contributed by atoms with E-state index in [0.717, 1.165) is 0 Å². The van der Waals surface area contributed by atoms with Gasteiger partial charge in [-0.15, -0.1) is 0 Å². The SMILES string of the molecule is CO[C@H]1CN(C(=O)C(F)(F)F)c2ccccc2CO1. The molecule has 0 bridgehead atoms. The first-order chi connectivity index (χ1) is 8.93. The fraction of sp³-hybridized carbons (Fsp3) is 0.417. The van der Waals surface area contributed by atoms with Gasteiger partial charge in [-0.05, 0) is 6.07 Å². The summed E-state index contributed by atoms with van der Waals surface area (Å²) in [6.45, 7) is -0.206. The van der Waals surface area contributed by atoms with Crippen molar-refractivity contribution in [3.63, 3.8) is 0 Å². The zero-order chi connectivity index (χ0) is 14.0. The summed E-state index contributed by atoms with van der Waals surface area (Å²) in [5.41, 5.74) is 0.712. The normalized spacial score (nSPS) is 19.8. The Morgan fingerprint density at radius 3 is 2.74 bits per heavy atom. The maximum absolute atomic E-state index is 12.6. The number of halogens is 3. The summed E-state index contributed by atoms with van der Waals surface area (Å²) in [4.78, 5) is 12.1. The molecular formula is C12H12F3NO3. The molecule has 1 amide bonds. The van der Waals surface area contributed by atoms with Crippen LogP contribution in [-0.2, 0) is 20.9 Å². The number of para-hydroxylation sites is 1. The molecule has 7 heteroatoms. The Bertz CT molecular complexity index is 476. The van der Waals surface area contributed by atoms with Gasteiger partial charge >= 0.3 is 12.1 Å². The van der Waals surface area contributed by atoms with Crippen molar-refractivity contribution < 1.29 is 27.4 Å². The quantitative estimate of drug-likeness (QED) is 0.787. The average Bonchev–Trinajstić information content (AvgIpc) is 2.56. The Labute approximate surface area is 107 Å². The summed E-state index contributed by atoms with van der Waals surface area (Å²) in [6, 6.07) is 6.32. The third-order valence-corrected chi connectivity index (χ3v) is 2.79. The molecule has 0 unspecified atom stereocenters. The van der Waals surface area contributed by atoms with Crippen molar-refractivity contribution in [2.24, 2.45) is 0 Å². The highest BCUT2D eigenvalue weighted by Crippen LogP contribution is 2.29. The van der Waals surface area contributed by atoms with Crippen LogP contribution in [0.4, 0.5) is 18.9 Å². The minimum absolute atomic E-state index is 0.0936. The van der Waals surface area contributed by atoms with E-state index in [0.29, 0.717) is 10.5 Å². The number of ether oxygens (including phenoxy) is 2. The van der Waals surface area contributed by atoms with Gasteiger partial charge in [0.1, 0.15) is 0 Å². The van der Waals surface area contributed by atoms with Crippen LogP contribution in [0.5, 0.6) is 0 Å². The molecule has 0 fully saturated rings. The van der Waals surface area contributed by atoms with Crippen LogP contribution in [0.3, 0.4) is 0 Å². The molecule has 1 aliphatic heterocycles. The highest BCUT2D eigenvalue weighted by molar-refractivity contribution is 5.98. The maximum Gasteiger partial charge on any atom is 0.471 e. The minimum atomic E-state index is -4.93. The van der Waals surface area contributed by atoms with Crippen LogP contribution >= 0.6 is 0 Å². The number of nitrogens with zero attached hydrogens (tertiary/aromatic N) is 1. The molecule has 0 radical (unpaired) electrons. The van der Waals surface area contributed by atoms with E-state index < -0.39 is 18.4 Å². The lowest BCUT2D eigenvalue weighted by molar-refractivity contribution is -0.172. The lowest BCUT2D eigenvalue weighted by Crippen LogP contribution is -2.45. The Balaban J connectivity index is 2.40. The van der Waals surface area contributed by atoms with Crippen molar-refractivity contribution in [1.29, 1.82) is 0 Å². The number of fused-ring (bicyclic) bond motifs is 1. The van der Waals surface area contributed by atoms with Crippen LogP contribution in [0, 0.1) is 0 Å². The van der Waals surface area contributed by atoms with E-state index in [-0.39, 0.29) is 18.8 Å². The van der Waals surface area contributed by atoms with E-state index in [2.05, 4.69) is 0 Å². The van der Waals surface area contributed by atoms with E-state index in [4.69, 9.17) is 9.47 Å². The second-order valence-corrected chi connectivity index (χ2v) is 4.02. The summed E-state index contributed by atoms with van der Waals surface area (Å²) < 4.78 is 48.1. The average molecular weight is 275 g/mol. The lowest BCUT2D eigenvalue weighted by atomic mass is 10.1. The second kappa shape index (κ2) is 5.18. The molecule has 0 aliphatic carbocycles. The predicted octanol–water partition coefficient (Wildman–Crippen LogP) is 2.08. The largest absolute Gasteiger partial charge is 0.471 e. The molecule has 1 heterocycles. The molecule has 1 aliphatic rings. The van der Waals surface area contributed by atoms with Gasteiger partial charge < -0.3 is 9.47 Å². The first kappa shape index (κ1) is 13.8. The highest BCUT2D eigenvalue weighted by Gasteiger charge is 2.44. The number of carbonyl (C=O) groups is 1. The molecule has 4 nitrogen and oxygen atoms in total. The molecule has 0 spiro atoms. The van der Waals surface area contributed by atoms with Crippen molar-refractivity contribution in [3.05, 3.63) is 29.8 Å². The molecule has 1 atom stereocenters. The summed E-state index contributed by atoms with van der Waals surface area (Å²) in [5, 5.41) is 0. The van der Waals surface area contributed by atoms with Gasteiger partial charge in [0.25, 0.3) is 0 Å². The smallest absolute Gasteiger partial charge is 0.354 e. The summed E-state index contributed by atoms with van der Waals surface area (Å²) in [6.07, 6.45) is -5.82. The first-order valence-corrected chi connectivity index (χ1v) is 5.54. The van der Waals surface area contributed by atoms with E-state index in [1.54, 1.807) is 18.2 Å². The van der Waals surface area contributed by atoms with Crippen LogP contribution < -0.4 is 4.90 Å². The monoisotopic (exact) mass is 275 g/mol. The highest BCUT2D eigenvalue weighted by atomic mass is 19.4. The van der Waals surface area contributed by atoms with Crippen molar-refractivity contribution >= 4 is 11.6 Å². The van der Waals surface area contributed by atoms with Gasteiger partial charge in [0, 0.05) is 18.4 Å². The summed E-state index contributed by atoms with van der Waals surface area (Å²) in [5.74, 6) is -1.92. The van der Waals surface area contributed by atoms with Crippen molar-refractivity contribution in [1.82, 2.24) is 0 Å². The molecule has 19 heavy (non-hydrogen) atoms. The molecule has 0 saturated carbocycles. The third-order valence-electron chi connectivity index (χ3n) is 2.79. The number of hydrogen-bond donors (Lipinski definition) is 0. The maximum atomic E-state index is 12.6. The van der Waals surface area contributed by atoms with Gasteiger partial charge in [0.05, 0.1) is 13.2 Å². The van der Waals surface area contributed by atoms with E-state index in [9.17, 15) is 18.0 Å². The van der Waals surface area contributed by atoms with Crippen LogP contribution in [0.1, 0.15) is 5.56 Å². The van der Waals surface area contributed by atoms with Crippen LogP contribution in [0.15, 0.2) is 24.3 Å².